The molecule has 0 fully saturated rings. The summed E-state index contributed by atoms with van der Waals surface area (Å²) in [5, 5.41) is 9.31. The average molecular weight is 234 g/mol. The maximum Gasteiger partial charge on any atom is 0.339 e. The summed E-state index contributed by atoms with van der Waals surface area (Å²) in [6.07, 6.45) is -1.96. The summed E-state index contributed by atoms with van der Waals surface area (Å²) < 4.78 is 42.8. The fourth-order valence-electron chi connectivity index (χ4n) is 1.10. The number of aliphatic hydroxyl groups excluding tert-OH is 1. The van der Waals surface area contributed by atoms with Crippen LogP contribution in [0.1, 0.15) is 18.6 Å². The molecule has 88 valence electrons. The molecule has 1 N–H and O–H groups in total. The van der Waals surface area contributed by atoms with Crippen molar-refractivity contribution in [3.63, 3.8) is 0 Å². The molecule has 1 aromatic carbocycles. The lowest BCUT2D eigenvalue weighted by atomic mass is 10.1. The minimum atomic E-state index is -1.96. The molecule has 0 spiro atoms. The number of carbonyl (C=O) groups excluding carboxylic acids is 1. The summed E-state index contributed by atoms with van der Waals surface area (Å²) in [6, 6.07) is 0.680. The molecule has 0 saturated heterocycles. The third kappa shape index (κ3) is 2.52. The molecule has 0 aliphatic carbocycles. The molecule has 0 heterocycles. The van der Waals surface area contributed by atoms with Crippen molar-refractivity contribution in [2.45, 2.75) is 13.0 Å². The molecule has 16 heavy (non-hydrogen) atoms. The summed E-state index contributed by atoms with van der Waals surface area (Å²) >= 11 is 0. The maximum absolute atomic E-state index is 13.1. The van der Waals surface area contributed by atoms with Gasteiger partial charge >= 0.3 is 5.97 Å². The van der Waals surface area contributed by atoms with Crippen molar-refractivity contribution >= 4 is 5.97 Å². The lowest BCUT2D eigenvalue weighted by Crippen LogP contribution is -2.17. The molecule has 6 heteroatoms. The second kappa shape index (κ2) is 4.98. The van der Waals surface area contributed by atoms with E-state index < -0.39 is 35.1 Å². The molecule has 3 nitrogen and oxygen atoms in total. The van der Waals surface area contributed by atoms with E-state index in [0.29, 0.717) is 6.07 Å². The molecular formula is C10H9F3O3. The number of ether oxygens (including phenoxy) is 1. The molecule has 1 rings (SSSR count). The van der Waals surface area contributed by atoms with Crippen LogP contribution in [0.3, 0.4) is 0 Å². The Morgan fingerprint density at radius 1 is 1.31 bits per heavy atom. The van der Waals surface area contributed by atoms with Gasteiger partial charge in [0.25, 0.3) is 0 Å². The van der Waals surface area contributed by atoms with Crippen molar-refractivity contribution in [3.05, 3.63) is 35.1 Å². The Labute approximate surface area is 89.5 Å². The lowest BCUT2D eigenvalue weighted by molar-refractivity contribution is -0.153. The number of rotatable bonds is 3. The molecule has 0 aliphatic rings. The van der Waals surface area contributed by atoms with E-state index in [1.165, 1.54) is 6.92 Å². The van der Waals surface area contributed by atoms with Crippen LogP contribution in [-0.2, 0) is 9.53 Å². The predicted octanol–water partition coefficient (Wildman–Crippen LogP) is 1.70. The Morgan fingerprint density at radius 2 is 1.88 bits per heavy atom. The highest BCUT2D eigenvalue weighted by Crippen LogP contribution is 2.21. The number of aliphatic hydroxyl groups is 1. The minimum absolute atomic E-state index is 0.0127. The van der Waals surface area contributed by atoms with Gasteiger partial charge in [-0.3, -0.25) is 0 Å². The molecule has 0 amide bonds. The highest BCUT2D eigenvalue weighted by molar-refractivity contribution is 5.76. The van der Waals surface area contributed by atoms with E-state index in [-0.39, 0.29) is 12.7 Å². The monoisotopic (exact) mass is 234 g/mol. The summed E-state index contributed by atoms with van der Waals surface area (Å²) in [5.41, 5.74) is -0.655. The zero-order chi connectivity index (χ0) is 12.3. The van der Waals surface area contributed by atoms with E-state index in [0.717, 1.165) is 0 Å². The maximum atomic E-state index is 13.1. The van der Waals surface area contributed by atoms with Crippen molar-refractivity contribution in [3.8, 4) is 0 Å². The van der Waals surface area contributed by atoms with Crippen LogP contribution in [0.2, 0.25) is 0 Å². The fraction of sp³-hybridized carbons (Fsp3) is 0.300. The molecule has 0 radical (unpaired) electrons. The van der Waals surface area contributed by atoms with Gasteiger partial charge in [-0.2, -0.15) is 0 Å². The van der Waals surface area contributed by atoms with E-state index in [1.54, 1.807) is 0 Å². The SMILES string of the molecule is CCOC(=O)C(O)c1cc(F)c(F)cc1F. The predicted molar refractivity (Wildman–Crippen MR) is 47.9 cm³/mol. The molecule has 1 atom stereocenters. The van der Waals surface area contributed by atoms with E-state index in [1.807, 2.05) is 0 Å². The van der Waals surface area contributed by atoms with Gasteiger partial charge in [-0.1, -0.05) is 0 Å². The summed E-state index contributed by atoms with van der Waals surface area (Å²) in [4.78, 5) is 11.0. The van der Waals surface area contributed by atoms with Crippen LogP contribution in [0.25, 0.3) is 0 Å². The van der Waals surface area contributed by atoms with Gasteiger partial charge in [-0.15, -0.1) is 0 Å². The Hall–Kier alpha value is -1.56. The second-order valence-corrected chi connectivity index (χ2v) is 2.94. The van der Waals surface area contributed by atoms with Crippen LogP contribution in [-0.4, -0.2) is 17.7 Å². The zero-order valence-corrected chi connectivity index (χ0v) is 8.34. The lowest BCUT2D eigenvalue weighted by Gasteiger charge is -2.10. The molecule has 0 bridgehead atoms. The van der Waals surface area contributed by atoms with Gasteiger partial charge < -0.3 is 9.84 Å². The van der Waals surface area contributed by atoms with Gasteiger partial charge in [0.2, 0.25) is 0 Å². The molecule has 0 aromatic heterocycles. The Bertz CT molecular complexity index is 407. The first-order valence-corrected chi connectivity index (χ1v) is 4.46. The number of hydrogen-bond acceptors (Lipinski definition) is 3. The summed E-state index contributed by atoms with van der Waals surface area (Å²) in [5.74, 6) is -5.07. The number of esters is 1. The summed E-state index contributed by atoms with van der Waals surface area (Å²) in [6.45, 7) is 1.48. The smallest absolute Gasteiger partial charge is 0.339 e. The Morgan fingerprint density at radius 3 is 2.44 bits per heavy atom. The Kier molecular flexibility index (Phi) is 3.89. The van der Waals surface area contributed by atoms with Gasteiger partial charge in [0.15, 0.2) is 17.7 Å². The molecular weight excluding hydrogens is 225 g/mol. The van der Waals surface area contributed by atoms with Crippen LogP contribution in [0.15, 0.2) is 12.1 Å². The topological polar surface area (TPSA) is 46.5 Å². The van der Waals surface area contributed by atoms with E-state index in [9.17, 15) is 23.1 Å². The standard InChI is InChI=1S/C10H9F3O3/c1-2-16-10(15)9(14)5-3-7(12)8(13)4-6(5)11/h3-4,9,14H,2H2,1H3. The molecule has 0 aliphatic heterocycles. The first-order chi connectivity index (χ1) is 7.47. The van der Waals surface area contributed by atoms with Gasteiger partial charge in [-0.05, 0) is 13.0 Å². The molecule has 1 aromatic rings. The van der Waals surface area contributed by atoms with E-state index in [2.05, 4.69) is 4.74 Å². The number of hydrogen-bond donors (Lipinski definition) is 1. The van der Waals surface area contributed by atoms with Crippen LogP contribution in [0, 0.1) is 17.5 Å². The Balaban J connectivity index is 3.04. The number of carbonyl (C=O) groups is 1. The van der Waals surface area contributed by atoms with Crippen LogP contribution >= 0.6 is 0 Å². The van der Waals surface area contributed by atoms with Crippen LogP contribution in [0.4, 0.5) is 13.2 Å². The van der Waals surface area contributed by atoms with Gasteiger partial charge in [-0.25, -0.2) is 18.0 Å². The van der Waals surface area contributed by atoms with E-state index >= 15 is 0 Å². The second-order valence-electron chi connectivity index (χ2n) is 2.94. The van der Waals surface area contributed by atoms with E-state index in [4.69, 9.17) is 0 Å². The zero-order valence-electron chi connectivity index (χ0n) is 8.34. The molecule has 0 saturated carbocycles. The van der Waals surface area contributed by atoms with Crippen molar-refractivity contribution in [2.24, 2.45) is 0 Å². The van der Waals surface area contributed by atoms with Gasteiger partial charge in [0.05, 0.1) is 6.61 Å². The largest absolute Gasteiger partial charge is 0.464 e. The number of halogens is 3. The minimum Gasteiger partial charge on any atom is -0.464 e. The quantitative estimate of drug-likeness (QED) is 0.639. The first-order valence-electron chi connectivity index (χ1n) is 4.46. The van der Waals surface area contributed by atoms with Gasteiger partial charge in [0.1, 0.15) is 5.82 Å². The van der Waals surface area contributed by atoms with Crippen molar-refractivity contribution < 1.29 is 27.8 Å². The number of benzene rings is 1. The summed E-state index contributed by atoms with van der Waals surface area (Å²) in [7, 11) is 0. The van der Waals surface area contributed by atoms with Gasteiger partial charge in [0, 0.05) is 11.6 Å². The highest BCUT2D eigenvalue weighted by Gasteiger charge is 2.24. The first kappa shape index (κ1) is 12.5. The fourth-order valence-corrected chi connectivity index (χ4v) is 1.10. The normalized spacial score (nSPS) is 12.3. The third-order valence-electron chi connectivity index (χ3n) is 1.84. The average Bonchev–Trinajstić information content (AvgIpc) is 2.23. The van der Waals surface area contributed by atoms with Crippen molar-refractivity contribution in [1.29, 1.82) is 0 Å². The van der Waals surface area contributed by atoms with Crippen molar-refractivity contribution in [2.75, 3.05) is 6.61 Å². The molecule has 1 unspecified atom stereocenters. The van der Waals surface area contributed by atoms with Crippen molar-refractivity contribution in [1.82, 2.24) is 0 Å². The van der Waals surface area contributed by atoms with Crippen LogP contribution < -0.4 is 0 Å². The highest BCUT2D eigenvalue weighted by atomic mass is 19.2. The third-order valence-corrected chi connectivity index (χ3v) is 1.84. The van der Waals surface area contributed by atoms with Crippen LogP contribution in [0.5, 0.6) is 0 Å².